The molecule has 0 amide bonds. The Labute approximate surface area is 124 Å². The second-order valence-electron chi connectivity index (χ2n) is 7.57. The molecule has 3 nitrogen and oxygen atoms in total. The first-order valence-corrected chi connectivity index (χ1v) is 8.78. The van der Waals surface area contributed by atoms with Gasteiger partial charge in [-0.1, -0.05) is 19.8 Å². The monoisotopic (exact) mass is 280 g/mol. The van der Waals surface area contributed by atoms with E-state index in [4.69, 9.17) is 4.74 Å². The maximum absolute atomic E-state index is 6.02. The third-order valence-electron chi connectivity index (χ3n) is 6.07. The Hall–Kier alpha value is -0.120. The number of ether oxygens (including phenoxy) is 1. The lowest BCUT2D eigenvalue weighted by molar-refractivity contribution is -0.0559. The van der Waals surface area contributed by atoms with E-state index in [1.54, 1.807) is 0 Å². The van der Waals surface area contributed by atoms with E-state index in [0.29, 0.717) is 17.2 Å². The van der Waals surface area contributed by atoms with Crippen molar-refractivity contribution in [1.29, 1.82) is 0 Å². The summed E-state index contributed by atoms with van der Waals surface area (Å²) in [6.45, 7) is 9.23. The second kappa shape index (κ2) is 5.94. The first-order valence-electron chi connectivity index (χ1n) is 8.78. The molecule has 3 heteroatoms. The van der Waals surface area contributed by atoms with Crippen LogP contribution in [0.2, 0.25) is 0 Å². The minimum atomic E-state index is 0.294. The Morgan fingerprint density at radius 2 is 2.00 bits per heavy atom. The van der Waals surface area contributed by atoms with Gasteiger partial charge in [0.1, 0.15) is 0 Å². The molecule has 3 aliphatic rings. The molecule has 1 aliphatic carbocycles. The largest absolute Gasteiger partial charge is 0.377 e. The van der Waals surface area contributed by atoms with Gasteiger partial charge in [-0.3, -0.25) is 4.90 Å². The molecular weight excluding hydrogens is 248 g/mol. The normalized spacial score (nSPS) is 38.4. The molecule has 1 N–H and O–H groups in total. The molecule has 2 saturated heterocycles. The molecule has 1 saturated carbocycles. The lowest BCUT2D eigenvalue weighted by Gasteiger charge is -2.53. The van der Waals surface area contributed by atoms with E-state index in [1.807, 2.05) is 0 Å². The highest BCUT2D eigenvalue weighted by Gasteiger charge is 2.46. The van der Waals surface area contributed by atoms with Crippen LogP contribution in [0.5, 0.6) is 0 Å². The van der Waals surface area contributed by atoms with Crippen LogP contribution in [0, 0.1) is 0 Å². The van der Waals surface area contributed by atoms with Crippen LogP contribution in [0.3, 0.4) is 0 Å². The third-order valence-corrected chi connectivity index (χ3v) is 6.07. The van der Waals surface area contributed by atoms with Crippen LogP contribution in [0.1, 0.15) is 65.2 Å². The zero-order valence-electron chi connectivity index (χ0n) is 13.4. The van der Waals surface area contributed by atoms with E-state index >= 15 is 0 Å². The highest BCUT2D eigenvalue weighted by Crippen LogP contribution is 2.39. The predicted molar refractivity (Wildman–Crippen MR) is 83.1 cm³/mol. The van der Waals surface area contributed by atoms with Crippen LogP contribution in [0.15, 0.2) is 0 Å². The smallest absolute Gasteiger partial charge is 0.0702 e. The molecule has 1 spiro atoms. The van der Waals surface area contributed by atoms with Crippen LogP contribution >= 0.6 is 0 Å². The Balaban J connectivity index is 1.70. The van der Waals surface area contributed by atoms with Crippen molar-refractivity contribution in [2.24, 2.45) is 0 Å². The SMILES string of the molecule is CCC1(C)CN(CC2CCCCO2)C2(CCCC2)CN1. The molecule has 2 atom stereocenters. The summed E-state index contributed by atoms with van der Waals surface area (Å²) in [6, 6.07) is 0. The summed E-state index contributed by atoms with van der Waals surface area (Å²) in [5.41, 5.74) is 0.734. The van der Waals surface area contributed by atoms with Crippen molar-refractivity contribution >= 4 is 0 Å². The van der Waals surface area contributed by atoms with Gasteiger partial charge in [0.05, 0.1) is 6.10 Å². The number of hydrogen-bond acceptors (Lipinski definition) is 3. The lowest BCUT2D eigenvalue weighted by Crippen LogP contribution is -2.69. The highest BCUT2D eigenvalue weighted by molar-refractivity contribution is 5.06. The van der Waals surface area contributed by atoms with Gasteiger partial charge >= 0.3 is 0 Å². The van der Waals surface area contributed by atoms with Gasteiger partial charge in [-0.25, -0.2) is 0 Å². The average Bonchev–Trinajstić information content (AvgIpc) is 2.95. The summed E-state index contributed by atoms with van der Waals surface area (Å²) >= 11 is 0. The Bertz CT molecular complexity index is 321. The van der Waals surface area contributed by atoms with Crippen LogP contribution in [0.4, 0.5) is 0 Å². The van der Waals surface area contributed by atoms with Gasteiger partial charge in [0.15, 0.2) is 0 Å². The van der Waals surface area contributed by atoms with Crippen LogP contribution in [-0.2, 0) is 4.74 Å². The van der Waals surface area contributed by atoms with E-state index < -0.39 is 0 Å². The van der Waals surface area contributed by atoms with Gasteiger partial charge in [-0.15, -0.1) is 0 Å². The number of piperazine rings is 1. The first-order chi connectivity index (χ1) is 9.66. The summed E-state index contributed by atoms with van der Waals surface area (Å²) in [4.78, 5) is 2.82. The molecule has 116 valence electrons. The van der Waals surface area contributed by atoms with Crippen molar-refractivity contribution in [3.05, 3.63) is 0 Å². The van der Waals surface area contributed by atoms with E-state index in [0.717, 1.165) is 13.2 Å². The molecule has 0 aromatic heterocycles. The molecule has 20 heavy (non-hydrogen) atoms. The van der Waals surface area contributed by atoms with Gasteiger partial charge in [0.25, 0.3) is 0 Å². The molecule has 3 rings (SSSR count). The average molecular weight is 280 g/mol. The van der Waals surface area contributed by atoms with Gasteiger partial charge in [0, 0.05) is 37.3 Å². The van der Waals surface area contributed by atoms with Crippen molar-refractivity contribution in [1.82, 2.24) is 10.2 Å². The molecule has 0 aromatic rings. The number of nitrogens with zero attached hydrogens (tertiary/aromatic N) is 1. The summed E-state index contributed by atoms with van der Waals surface area (Å²) in [5, 5.41) is 3.86. The topological polar surface area (TPSA) is 24.5 Å². The van der Waals surface area contributed by atoms with Crippen LogP contribution < -0.4 is 5.32 Å². The summed E-state index contributed by atoms with van der Waals surface area (Å²) in [6.07, 6.45) is 11.2. The highest BCUT2D eigenvalue weighted by atomic mass is 16.5. The number of hydrogen-bond donors (Lipinski definition) is 1. The molecule has 0 radical (unpaired) electrons. The quantitative estimate of drug-likeness (QED) is 0.860. The van der Waals surface area contributed by atoms with Gasteiger partial charge in [-0.05, 0) is 45.4 Å². The fourth-order valence-corrected chi connectivity index (χ4v) is 4.35. The molecular formula is C17H32N2O. The van der Waals surface area contributed by atoms with Crippen molar-refractivity contribution < 1.29 is 4.74 Å². The van der Waals surface area contributed by atoms with Gasteiger partial charge < -0.3 is 10.1 Å². The van der Waals surface area contributed by atoms with Gasteiger partial charge in [-0.2, -0.15) is 0 Å². The van der Waals surface area contributed by atoms with Crippen molar-refractivity contribution in [2.45, 2.75) is 82.4 Å². The van der Waals surface area contributed by atoms with Gasteiger partial charge in [0.2, 0.25) is 0 Å². The fraction of sp³-hybridized carbons (Fsp3) is 1.00. The second-order valence-corrected chi connectivity index (χ2v) is 7.57. The number of nitrogens with one attached hydrogen (secondary N) is 1. The standard InChI is InChI=1S/C17H32N2O/c1-3-16(2)14-19(12-15-8-4-7-11-20-15)17(13-18-16)9-5-6-10-17/h15,18H,3-14H2,1-2H3. The van der Waals surface area contributed by atoms with Crippen molar-refractivity contribution in [3.8, 4) is 0 Å². The van der Waals surface area contributed by atoms with Crippen molar-refractivity contribution in [3.63, 3.8) is 0 Å². The predicted octanol–water partition coefficient (Wildman–Crippen LogP) is 2.94. The Morgan fingerprint density at radius 1 is 1.20 bits per heavy atom. The van der Waals surface area contributed by atoms with Crippen molar-refractivity contribution in [2.75, 3.05) is 26.2 Å². The van der Waals surface area contributed by atoms with E-state index in [9.17, 15) is 0 Å². The van der Waals surface area contributed by atoms with E-state index in [2.05, 4.69) is 24.1 Å². The molecule has 0 aromatic carbocycles. The zero-order chi connectivity index (χ0) is 14.1. The summed E-state index contributed by atoms with van der Waals surface area (Å²) < 4.78 is 6.02. The molecule has 3 fully saturated rings. The minimum Gasteiger partial charge on any atom is -0.377 e. The minimum absolute atomic E-state index is 0.294. The summed E-state index contributed by atoms with van der Waals surface area (Å²) in [7, 11) is 0. The first kappa shape index (κ1) is 14.8. The third kappa shape index (κ3) is 2.90. The van der Waals surface area contributed by atoms with E-state index in [1.165, 1.54) is 64.5 Å². The lowest BCUT2D eigenvalue weighted by atomic mass is 9.84. The summed E-state index contributed by atoms with van der Waals surface area (Å²) in [5.74, 6) is 0. The van der Waals surface area contributed by atoms with Crippen LogP contribution in [0.25, 0.3) is 0 Å². The van der Waals surface area contributed by atoms with Crippen LogP contribution in [-0.4, -0.2) is 48.3 Å². The molecule has 2 unspecified atom stereocenters. The molecule has 0 bridgehead atoms. The fourth-order valence-electron chi connectivity index (χ4n) is 4.35. The zero-order valence-corrected chi connectivity index (χ0v) is 13.4. The maximum Gasteiger partial charge on any atom is 0.0702 e. The Kier molecular flexibility index (Phi) is 4.40. The molecule has 2 heterocycles. The number of rotatable bonds is 3. The maximum atomic E-state index is 6.02. The Morgan fingerprint density at radius 3 is 2.65 bits per heavy atom. The van der Waals surface area contributed by atoms with E-state index in [-0.39, 0.29) is 0 Å². The molecule has 2 aliphatic heterocycles.